The molecule has 1 aliphatic heterocycles. The summed E-state index contributed by atoms with van der Waals surface area (Å²) in [5, 5.41) is 2.28. The summed E-state index contributed by atoms with van der Waals surface area (Å²) >= 11 is 0. The number of rotatable bonds is 5. The van der Waals surface area contributed by atoms with E-state index in [0.717, 1.165) is 12.1 Å². The number of nitrogens with zero attached hydrogens (tertiary/aromatic N) is 1. The Kier molecular flexibility index (Phi) is 3.90. The highest BCUT2D eigenvalue weighted by Crippen LogP contribution is 2.34. The van der Waals surface area contributed by atoms with Gasteiger partial charge >= 0.3 is 0 Å². The molecule has 1 saturated heterocycles. The summed E-state index contributed by atoms with van der Waals surface area (Å²) in [6, 6.07) is 3.15. The fourth-order valence-electron chi connectivity index (χ4n) is 2.38. The van der Waals surface area contributed by atoms with Crippen LogP contribution in [-0.4, -0.2) is 37.0 Å². The minimum Gasteiger partial charge on any atom is -0.352 e. The van der Waals surface area contributed by atoms with E-state index in [1.165, 1.54) is 10.4 Å². The molecule has 120 valence electrons. The lowest BCUT2D eigenvalue weighted by Gasteiger charge is -2.37. The highest BCUT2D eigenvalue weighted by molar-refractivity contribution is 7.90. The Balaban J connectivity index is 1.50. The molecule has 1 aromatic rings. The number of halogens is 2. The Morgan fingerprint density at radius 2 is 1.95 bits per heavy atom. The van der Waals surface area contributed by atoms with Crippen LogP contribution in [0.25, 0.3) is 0 Å². The van der Waals surface area contributed by atoms with Crippen LogP contribution in [0, 0.1) is 17.6 Å². The van der Waals surface area contributed by atoms with E-state index in [1.54, 1.807) is 0 Å². The van der Waals surface area contributed by atoms with Crippen molar-refractivity contribution in [2.75, 3.05) is 13.1 Å². The van der Waals surface area contributed by atoms with E-state index < -0.39 is 27.6 Å². The first-order valence-electron chi connectivity index (χ1n) is 7.08. The smallest absolute Gasteiger partial charge is 0.226 e. The predicted octanol–water partition coefficient (Wildman–Crippen LogP) is 1.00. The normalized spacial score (nSPS) is 19.7. The average molecular weight is 330 g/mol. The van der Waals surface area contributed by atoms with Crippen molar-refractivity contribution in [3.8, 4) is 0 Å². The van der Waals surface area contributed by atoms with Gasteiger partial charge in [-0.25, -0.2) is 17.2 Å². The molecule has 0 spiro atoms. The third-order valence-electron chi connectivity index (χ3n) is 3.99. The van der Waals surface area contributed by atoms with Crippen LogP contribution in [0.2, 0.25) is 0 Å². The first-order chi connectivity index (χ1) is 10.4. The summed E-state index contributed by atoms with van der Waals surface area (Å²) < 4.78 is 51.4. The summed E-state index contributed by atoms with van der Waals surface area (Å²) in [7, 11) is -3.22. The second-order valence-electron chi connectivity index (χ2n) is 5.71. The van der Waals surface area contributed by atoms with Gasteiger partial charge in [0.1, 0.15) is 11.6 Å². The zero-order valence-corrected chi connectivity index (χ0v) is 12.6. The van der Waals surface area contributed by atoms with E-state index in [2.05, 4.69) is 5.32 Å². The average Bonchev–Trinajstić information content (AvgIpc) is 3.19. The zero-order valence-electron chi connectivity index (χ0n) is 11.8. The third-order valence-corrected chi connectivity index (χ3v) is 6.32. The van der Waals surface area contributed by atoms with E-state index in [0.29, 0.717) is 12.8 Å². The van der Waals surface area contributed by atoms with Gasteiger partial charge in [0.15, 0.2) is 0 Å². The number of hydrogen-bond acceptors (Lipinski definition) is 3. The van der Waals surface area contributed by atoms with Gasteiger partial charge in [-0.05, 0) is 18.9 Å². The lowest BCUT2D eigenvalue weighted by molar-refractivity contribution is -0.128. The molecule has 1 heterocycles. The van der Waals surface area contributed by atoms with Crippen molar-refractivity contribution in [1.82, 2.24) is 9.62 Å². The Labute approximate surface area is 127 Å². The molecule has 3 rings (SSSR count). The Hall–Kier alpha value is -1.54. The first-order valence-corrected chi connectivity index (χ1v) is 8.59. The Bertz CT molecular complexity index is 698. The molecule has 2 fully saturated rings. The second-order valence-corrected chi connectivity index (χ2v) is 7.92. The lowest BCUT2D eigenvalue weighted by atomic mass is 10.0. The largest absolute Gasteiger partial charge is 0.352 e. The van der Waals surface area contributed by atoms with Crippen molar-refractivity contribution in [3.05, 3.63) is 35.4 Å². The molecule has 0 atom stereocenters. The summed E-state index contributed by atoms with van der Waals surface area (Å²) in [4.78, 5) is 11.9. The molecule has 1 aliphatic carbocycles. The van der Waals surface area contributed by atoms with Crippen molar-refractivity contribution in [2.24, 2.45) is 5.92 Å². The fourth-order valence-corrected chi connectivity index (χ4v) is 4.31. The van der Waals surface area contributed by atoms with Crippen LogP contribution in [0.15, 0.2) is 18.2 Å². The summed E-state index contributed by atoms with van der Waals surface area (Å²) in [6.07, 6.45) is 1.39. The van der Waals surface area contributed by atoms with Crippen LogP contribution < -0.4 is 5.32 Å². The van der Waals surface area contributed by atoms with Crippen LogP contribution in [0.5, 0.6) is 0 Å². The highest BCUT2D eigenvalue weighted by atomic mass is 32.2. The number of hydrogen-bond donors (Lipinski definition) is 1. The molecule has 0 bridgehead atoms. The number of carbonyl (C=O) groups excluding carboxylic acids is 1. The van der Waals surface area contributed by atoms with Crippen molar-refractivity contribution in [2.45, 2.75) is 24.6 Å². The van der Waals surface area contributed by atoms with Crippen LogP contribution in [-0.2, 0) is 21.4 Å². The molecule has 0 unspecified atom stereocenters. The van der Waals surface area contributed by atoms with E-state index in [9.17, 15) is 22.0 Å². The number of sulfonamides is 1. The maximum Gasteiger partial charge on any atom is 0.226 e. The van der Waals surface area contributed by atoms with Gasteiger partial charge in [-0.15, -0.1) is 0 Å². The molecule has 0 radical (unpaired) electrons. The van der Waals surface area contributed by atoms with Crippen molar-refractivity contribution < 1.29 is 22.0 Å². The maximum atomic E-state index is 13.4. The summed E-state index contributed by atoms with van der Waals surface area (Å²) in [6.45, 7) is 0.309. The van der Waals surface area contributed by atoms with Gasteiger partial charge in [0.2, 0.25) is 15.9 Å². The van der Waals surface area contributed by atoms with Gasteiger partial charge in [0, 0.05) is 31.3 Å². The van der Waals surface area contributed by atoms with Crippen LogP contribution in [0.3, 0.4) is 0 Å². The van der Waals surface area contributed by atoms with Gasteiger partial charge in [-0.3, -0.25) is 4.79 Å². The fraction of sp³-hybridized carbons (Fsp3) is 0.500. The third kappa shape index (κ3) is 2.98. The number of nitrogens with one attached hydrogen (secondary N) is 1. The van der Waals surface area contributed by atoms with Crippen molar-refractivity contribution >= 4 is 15.9 Å². The molecular formula is C14H16F2N2O3S. The van der Waals surface area contributed by atoms with Gasteiger partial charge in [0.05, 0.1) is 11.2 Å². The van der Waals surface area contributed by atoms with Crippen LogP contribution in [0.1, 0.15) is 18.4 Å². The Morgan fingerprint density at radius 1 is 1.27 bits per heavy atom. The van der Waals surface area contributed by atoms with E-state index in [-0.39, 0.29) is 36.4 Å². The topological polar surface area (TPSA) is 66.5 Å². The Morgan fingerprint density at radius 3 is 2.55 bits per heavy atom. The van der Waals surface area contributed by atoms with E-state index in [1.807, 2.05) is 0 Å². The number of amides is 1. The molecule has 1 aromatic carbocycles. The molecular weight excluding hydrogens is 314 g/mol. The lowest BCUT2D eigenvalue weighted by Crippen LogP contribution is -2.56. The number of benzene rings is 1. The molecule has 5 nitrogen and oxygen atoms in total. The molecule has 8 heteroatoms. The molecule has 1 N–H and O–H groups in total. The monoisotopic (exact) mass is 330 g/mol. The number of carbonyl (C=O) groups is 1. The van der Waals surface area contributed by atoms with Gasteiger partial charge in [-0.2, -0.15) is 4.31 Å². The standard InChI is InChI=1S/C14H16F2N2O3S/c15-11-2-1-9(13(16)5-11)6-17-14(19)10-7-18(8-10)22(20,21)12-3-4-12/h1-2,5,10,12H,3-4,6-8H2,(H,17,19). The minimum atomic E-state index is -3.22. The first kappa shape index (κ1) is 15.4. The highest BCUT2D eigenvalue weighted by Gasteiger charge is 2.46. The van der Waals surface area contributed by atoms with Gasteiger partial charge in [-0.1, -0.05) is 6.07 Å². The molecule has 0 aromatic heterocycles. The minimum absolute atomic E-state index is 0.0448. The quantitative estimate of drug-likeness (QED) is 0.876. The summed E-state index contributed by atoms with van der Waals surface area (Å²) in [5.74, 6) is -2.11. The van der Waals surface area contributed by atoms with Gasteiger partial charge in [0.25, 0.3) is 0 Å². The maximum absolute atomic E-state index is 13.4. The van der Waals surface area contributed by atoms with Gasteiger partial charge < -0.3 is 5.32 Å². The summed E-state index contributed by atoms with van der Waals surface area (Å²) in [5.41, 5.74) is 0.191. The second kappa shape index (κ2) is 5.58. The molecule has 22 heavy (non-hydrogen) atoms. The molecule has 1 saturated carbocycles. The zero-order chi connectivity index (χ0) is 15.9. The SMILES string of the molecule is O=C(NCc1ccc(F)cc1F)C1CN(S(=O)(=O)C2CC2)C1. The van der Waals surface area contributed by atoms with Crippen molar-refractivity contribution in [3.63, 3.8) is 0 Å². The van der Waals surface area contributed by atoms with Crippen molar-refractivity contribution in [1.29, 1.82) is 0 Å². The molecule has 2 aliphatic rings. The van der Waals surface area contributed by atoms with E-state index >= 15 is 0 Å². The van der Waals surface area contributed by atoms with E-state index in [4.69, 9.17) is 0 Å². The van der Waals surface area contributed by atoms with Crippen LogP contribution in [0.4, 0.5) is 8.78 Å². The molecule has 1 amide bonds. The predicted molar refractivity (Wildman–Crippen MR) is 75.2 cm³/mol. The van der Waals surface area contributed by atoms with Crippen LogP contribution >= 0.6 is 0 Å².